The van der Waals surface area contributed by atoms with Crippen LogP contribution in [0, 0.1) is 28.6 Å². The van der Waals surface area contributed by atoms with E-state index in [0.717, 1.165) is 12.8 Å². The standard InChI is InChI=1S/C26H40O5/c1-15(30-13-23-25(3,14-27)31-23)19-7-8-20-18-6-5-16-11-17(28)12-22(29)26(16,4)21(18)9-10-24(19,20)2/h5-6,15,17,19-23,27-29H,7-14H2,1-4H3/t15-,17+,19+,20-,21-,22-,23-,24+,25+,26-/m0/s1. The van der Waals surface area contributed by atoms with Crippen LogP contribution >= 0.6 is 0 Å². The second-order valence-electron chi connectivity index (χ2n) is 11.7. The molecule has 0 radical (unpaired) electrons. The Morgan fingerprint density at radius 1 is 1.13 bits per heavy atom. The Bertz CT molecular complexity index is 791. The Balaban J connectivity index is 1.33. The third kappa shape index (κ3) is 3.22. The summed E-state index contributed by atoms with van der Waals surface area (Å²) in [4.78, 5) is 0. The van der Waals surface area contributed by atoms with Crippen LogP contribution in [-0.4, -0.2) is 58.6 Å². The Hall–Kier alpha value is -0.720. The zero-order valence-corrected chi connectivity index (χ0v) is 19.5. The Morgan fingerprint density at radius 2 is 1.90 bits per heavy atom. The number of fused-ring (bicyclic) bond motifs is 5. The molecule has 0 unspecified atom stereocenters. The second-order valence-corrected chi connectivity index (χ2v) is 11.7. The molecule has 3 N–H and O–H groups in total. The van der Waals surface area contributed by atoms with Gasteiger partial charge in [0.25, 0.3) is 0 Å². The number of allylic oxidation sites excluding steroid dienone is 3. The van der Waals surface area contributed by atoms with Gasteiger partial charge in [-0.05, 0) is 69.1 Å². The normalized spacial score (nSPS) is 51.8. The zero-order chi connectivity index (χ0) is 22.2. The third-order valence-electron chi connectivity index (χ3n) is 10.1. The van der Waals surface area contributed by atoms with Crippen LogP contribution in [0.2, 0.25) is 0 Å². The highest BCUT2D eigenvalue weighted by Gasteiger charge is 2.59. The van der Waals surface area contributed by atoms with Crippen LogP contribution in [0.25, 0.3) is 0 Å². The van der Waals surface area contributed by atoms with Crippen LogP contribution < -0.4 is 0 Å². The van der Waals surface area contributed by atoms with E-state index in [1.807, 2.05) is 6.92 Å². The summed E-state index contributed by atoms with van der Waals surface area (Å²) >= 11 is 0. The van der Waals surface area contributed by atoms with E-state index < -0.39 is 17.8 Å². The molecule has 3 saturated carbocycles. The molecule has 5 aliphatic rings. The van der Waals surface area contributed by atoms with Crippen molar-refractivity contribution < 1.29 is 24.8 Å². The van der Waals surface area contributed by atoms with Gasteiger partial charge >= 0.3 is 0 Å². The minimum atomic E-state index is -0.473. The molecule has 0 spiro atoms. The molecule has 0 aromatic carbocycles. The monoisotopic (exact) mass is 432 g/mol. The van der Waals surface area contributed by atoms with Crippen LogP contribution in [0.15, 0.2) is 23.3 Å². The maximum absolute atomic E-state index is 11.0. The molecule has 5 nitrogen and oxygen atoms in total. The molecule has 0 bridgehead atoms. The topological polar surface area (TPSA) is 82.5 Å². The van der Waals surface area contributed by atoms with Crippen LogP contribution in [0.3, 0.4) is 0 Å². The number of hydrogen-bond donors (Lipinski definition) is 3. The summed E-state index contributed by atoms with van der Waals surface area (Å²) in [6.45, 7) is 9.45. The van der Waals surface area contributed by atoms with Crippen molar-refractivity contribution in [1.82, 2.24) is 0 Å². The molecule has 5 heteroatoms. The van der Waals surface area contributed by atoms with Gasteiger partial charge in [-0.15, -0.1) is 0 Å². The van der Waals surface area contributed by atoms with Crippen molar-refractivity contribution in [2.45, 2.75) is 96.2 Å². The predicted octanol–water partition coefficient (Wildman–Crippen LogP) is 3.37. The first-order valence-electron chi connectivity index (χ1n) is 12.3. The smallest absolute Gasteiger partial charge is 0.117 e. The SMILES string of the molecule is C[C@H](OC[C@@H]1O[C@]1(C)CO)[C@H]1CC[C@H]2C3=CC=C4C[C@@H](O)C[C@H](O)[C@]4(C)[C@H]3CC[C@]12C. The molecular formula is C26H40O5. The fourth-order valence-corrected chi connectivity index (χ4v) is 7.86. The molecule has 10 atom stereocenters. The summed E-state index contributed by atoms with van der Waals surface area (Å²) in [6.07, 6.45) is 9.63. The second kappa shape index (κ2) is 7.39. The molecule has 4 aliphatic carbocycles. The van der Waals surface area contributed by atoms with Crippen molar-refractivity contribution in [1.29, 1.82) is 0 Å². The Labute approximate surface area is 186 Å². The van der Waals surface area contributed by atoms with Crippen molar-refractivity contribution in [2.24, 2.45) is 28.6 Å². The molecule has 0 aromatic heterocycles. The number of rotatable bonds is 5. The quantitative estimate of drug-likeness (QED) is 0.580. The van der Waals surface area contributed by atoms with E-state index in [0.29, 0.717) is 37.2 Å². The molecular weight excluding hydrogens is 392 g/mol. The lowest BCUT2D eigenvalue weighted by Gasteiger charge is -2.56. The summed E-state index contributed by atoms with van der Waals surface area (Å²) in [5.74, 6) is 1.43. The van der Waals surface area contributed by atoms with Gasteiger partial charge in [-0.3, -0.25) is 0 Å². The average Bonchev–Trinajstić information content (AvgIpc) is 3.25. The van der Waals surface area contributed by atoms with Gasteiger partial charge in [-0.2, -0.15) is 0 Å². The molecule has 174 valence electrons. The Morgan fingerprint density at radius 3 is 2.61 bits per heavy atom. The van der Waals surface area contributed by atoms with E-state index in [9.17, 15) is 15.3 Å². The molecule has 0 aromatic rings. The van der Waals surface area contributed by atoms with Gasteiger partial charge in [0.1, 0.15) is 11.7 Å². The third-order valence-corrected chi connectivity index (χ3v) is 10.1. The molecule has 0 amide bonds. The van der Waals surface area contributed by atoms with Gasteiger partial charge in [0.05, 0.1) is 31.5 Å². The van der Waals surface area contributed by atoms with Crippen LogP contribution in [0.4, 0.5) is 0 Å². The maximum atomic E-state index is 11.0. The van der Waals surface area contributed by atoms with Gasteiger partial charge in [-0.1, -0.05) is 37.1 Å². The molecule has 1 saturated heterocycles. The minimum Gasteiger partial charge on any atom is -0.393 e. The number of aliphatic hydroxyl groups is 3. The van der Waals surface area contributed by atoms with E-state index in [1.54, 1.807) is 0 Å². The van der Waals surface area contributed by atoms with Crippen molar-refractivity contribution in [3.63, 3.8) is 0 Å². The summed E-state index contributed by atoms with van der Waals surface area (Å²) in [7, 11) is 0. The van der Waals surface area contributed by atoms with Crippen molar-refractivity contribution in [3.05, 3.63) is 23.3 Å². The number of aliphatic hydroxyl groups excluding tert-OH is 3. The van der Waals surface area contributed by atoms with E-state index in [2.05, 4.69) is 32.9 Å². The molecule has 1 heterocycles. The fraction of sp³-hybridized carbons (Fsp3) is 0.846. The fourth-order valence-electron chi connectivity index (χ4n) is 7.86. The van der Waals surface area contributed by atoms with E-state index in [4.69, 9.17) is 9.47 Å². The first-order chi connectivity index (χ1) is 14.6. The average molecular weight is 433 g/mol. The minimum absolute atomic E-state index is 0.00777. The van der Waals surface area contributed by atoms with Crippen molar-refractivity contribution in [3.8, 4) is 0 Å². The summed E-state index contributed by atoms with van der Waals surface area (Å²) < 4.78 is 11.9. The Kier molecular flexibility index (Phi) is 5.27. The maximum Gasteiger partial charge on any atom is 0.117 e. The highest BCUT2D eigenvalue weighted by Crippen LogP contribution is 2.65. The highest BCUT2D eigenvalue weighted by atomic mass is 16.6. The summed E-state index contributed by atoms with van der Waals surface area (Å²) in [5.41, 5.74) is 2.33. The van der Waals surface area contributed by atoms with Gasteiger partial charge in [0.2, 0.25) is 0 Å². The van der Waals surface area contributed by atoms with Gasteiger partial charge in [0.15, 0.2) is 0 Å². The van der Waals surface area contributed by atoms with Crippen LogP contribution in [-0.2, 0) is 9.47 Å². The van der Waals surface area contributed by atoms with E-state index >= 15 is 0 Å². The lowest BCUT2D eigenvalue weighted by atomic mass is 9.49. The summed E-state index contributed by atoms with van der Waals surface area (Å²) in [6, 6.07) is 0. The first-order valence-corrected chi connectivity index (χ1v) is 12.3. The van der Waals surface area contributed by atoms with E-state index in [-0.39, 0.29) is 29.6 Å². The molecule has 31 heavy (non-hydrogen) atoms. The summed E-state index contributed by atoms with van der Waals surface area (Å²) in [5, 5.41) is 30.7. The van der Waals surface area contributed by atoms with Gasteiger partial charge in [0, 0.05) is 11.8 Å². The number of ether oxygens (including phenoxy) is 2. The number of hydrogen-bond acceptors (Lipinski definition) is 5. The molecule has 5 rings (SSSR count). The van der Waals surface area contributed by atoms with Gasteiger partial charge in [-0.25, -0.2) is 0 Å². The lowest BCUT2D eigenvalue weighted by molar-refractivity contribution is -0.0653. The molecule has 1 aliphatic heterocycles. The van der Waals surface area contributed by atoms with E-state index in [1.165, 1.54) is 24.0 Å². The van der Waals surface area contributed by atoms with Crippen molar-refractivity contribution in [2.75, 3.05) is 13.2 Å². The first kappa shape index (κ1) is 22.1. The largest absolute Gasteiger partial charge is 0.393 e. The lowest BCUT2D eigenvalue weighted by Crippen LogP contribution is -2.52. The zero-order valence-electron chi connectivity index (χ0n) is 19.5. The van der Waals surface area contributed by atoms with Crippen LogP contribution in [0.1, 0.15) is 66.2 Å². The van der Waals surface area contributed by atoms with Crippen LogP contribution in [0.5, 0.6) is 0 Å². The predicted molar refractivity (Wildman–Crippen MR) is 118 cm³/mol. The van der Waals surface area contributed by atoms with Crippen molar-refractivity contribution >= 4 is 0 Å². The van der Waals surface area contributed by atoms with Gasteiger partial charge < -0.3 is 24.8 Å². The molecule has 4 fully saturated rings. The highest BCUT2D eigenvalue weighted by molar-refractivity contribution is 5.40. The number of epoxide rings is 1.